The maximum Gasteiger partial charge on any atom is 0.305 e. The standard InChI is InChI=1S/C19H24N2O4/c1-11-17(25-12(2)20-11)18(24)21-15(10-16(22)23)13-6-8-14(9-7-13)19(3,4)5/h6-9,15H,10H2,1-5H3,(H,21,24)(H,22,23). The van der Waals surface area contributed by atoms with E-state index in [-0.39, 0.29) is 17.6 Å². The number of aryl methyl sites for hydroxylation is 2. The van der Waals surface area contributed by atoms with Gasteiger partial charge in [0.1, 0.15) is 0 Å². The van der Waals surface area contributed by atoms with E-state index in [1.54, 1.807) is 13.8 Å². The van der Waals surface area contributed by atoms with Gasteiger partial charge in [-0.2, -0.15) is 0 Å². The van der Waals surface area contributed by atoms with E-state index in [4.69, 9.17) is 4.42 Å². The highest BCUT2D eigenvalue weighted by Crippen LogP contribution is 2.25. The molecule has 0 saturated carbocycles. The zero-order valence-corrected chi connectivity index (χ0v) is 15.2. The second kappa shape index (κ2) is 7.09. The highest BCUT2D eigenvalue weighted by atomic mass is 16.4. The van der Waals surface area contributed by atoms with E-state index >= 15 is 0 Å². The molecule has 2 N–H and O–H groups in total. The number of aliphatic carboxylic acids is 1. The number of hydrogen-bond acceptors (Lipinski definition) is 4. The first-order valence-corrected chi connectivity index (χ1v) is 8.15. The van der Waals surface area contributed by atoms with Gasteiger partial charge in [0.25, 0.3) is 5.91 Å². The van der Waals surface area contributed by atoms with Crippen LogP contribution in [0.1, 0.15) is 66.5 Å². The number of aromatic nitrogens is 1. The van der Waals surface area contributed by atoms with Gasteiger partial charge in [-0.25, -0.2) is 4.98 Å². The number of oxazole rings is 1. The summed E-state index contributed by atoms with van der Waals surface area (Å²) in [5.74, 6) is -0.953. The monoisotopic (exact) mass is 344 g/mol. The van der Waals surface area contributed by atoms with E-state index in [0.29, 0.717) is 11.6 Å². The molecule has 1 aromatic heterocycles. The number of carbonyl (C=O) groups is 2. The fourth-order valence-electron chi connectivity index (χ4n) is 2.61. The van der Waals surface area contributed by atoms with E-state index in [1.807, 2.05) is 24.3 Å². The Morgan fingerprint density at radius 3 is 2.24 bits per heavy atom. The molecule has 6 heteroatoms. The minimum atomic E-state index is -0.990. The number of carboxylic acid groups (broad SMARTS) is 1. The van der Waals surface area contributed by atoms with Crippen LogP contribution in [-0.2, 0) is 10.2 Å². The summed E-state index contributed by atoms with van der Waals surface area (Å²) in [7, 11) is 0. The summed E-state index contributed by atoms with van der Waals surface area (Å²) in [6.07, 6.45) is -0.216. The summed E-state index contributed by atoms with van der Waals surface area (Å²) in [5.41, 5.74) is 2.35. The van der Waals surface area contributed by atoms with Crippen LogP contribution in [0.25, 0.3) is 0 Å². The Morgan fingerprint density at radius 1 is 1.20 bits per heavy atom. The Kier molecular flexibility index (Phi) is 5.30. The van der Waals surface area contributed by atoms with Crippen LogP contribution < -0.4 is 5.32 Å². The average Bonchev–Trinajstić information content (AvgIpc) is 2.84. The number of carbonyl (C=O) groups excluding carboxylic acids is 1. The highest BCUT2D eigenvalue weighted by molar-refractivity contribution is 5.93. The molecule has 0 saturated heterocycles. The molecule has 6 nitrogen and oxygen atoms in total. The molecule has 2 rings (SSSR count). The molecule has 1 atom stereocenters. The topological polar surface area (TPSA) is 92.4 Å². The second-order valence-electron chi connectivity index (χ2n) is 7.14. The highest BCUT2D eigenvalue weighted by Gasteiger charge is 2.23. The van der Waals surface area contributed by atoms with Crippen LogP contribution in [0.2, 0.25) is 0 Å². The largest absolute Gasteiger partial charge is 0.481 e. The molecule has 0 bridgehead atoms. The van der Waals surface area contributed by atoms with Gasteiger partial charge in [-0.15, -0.1) is 0 Å². The van der Waals surface area contributed by atoms with Gasteiger partial charge in [0.2, 0.25) is 5.76 Å². The van der Waals surface area contributed by atoms with Crippen molar-refractivity contribution < 1.29 is 19.1 Å². The van der Waals surface area contributed by atoms with Crippen LogP contribution in [-0.4, -0.2) is 22.0 Å². The van der Waals surface area contributed by atoms with Gasteiger partial charge < -0.3 is 14.8 Å². The van der Waals surface area contributed by atoms with Crippen LogP contribution in [0.3, 0.4) is 0 Å². The summed E-state index contributed by atoms with van der Waals surface area (Å²) in [5, 5.41) is 11.9. The van der Waals surface area contributed by atoms with Crippen molar-refractivity contribution in [2.24, 2.45) is 0 Å². The molecule has 0 aliphatic carbocycles. The normalized spacial score (nSPS) is 12.7. The van der Waals surface area contributed by atoms with Crippen molar-refractivity contribution in [3.63, 3.8) is 0 Å². The number of benzene rings is 1. The number of nitrogens with zero attached hydrogens (tertiary/aromatic N) is 1. The smallest absolute Gasteiger partial charge is 0.305 e. The third kappa shape index (κ3) is 4.68. The summed E-state index contributed by atoms with van der Waals surface area (Å²) < 4.78 is 5.31. The van der Waals surface area contributed by atoms with Gasteiger partial charge >= 0.3 is 5.97 Å². The number of hydrogen-bond donors (Lipinski definition) is 2. The fraction of sp³-hybridized carbons (Fsp3) is 0.421. The Hall–Kier alpha value is -2.63. The number of carboxylic acids is 1. The molecule has 0 fully saturated rings. The molecule has 1 amide bonds. The second-order valence-corrected chi connectivity index (χ2v) is 7.14. The minimum Gasteiger partial charge on any atom is -0.481 e. The number of rotatable bonds is 5. The van der Waals surface area contributed by atoms with Crippen LogP contribution in [0.15, 0.2) is 28.7 Å². The van der Waals surface area contributed by atoms with Crippen molar-refractivity contribution in [1.29, 1.82) is 0 Å². The van der Waals surface area contributed by atoms with Crippen molar-refractivity contribution in [3.05, 3.63) is 52.7 Å². The van der Waals surface area contributed by atoms with Crippen molar-refractivity contribution in [2.75, 3.05) is 0 Å². The van der Waals surface area contributed by atoms with Gasteiger partial charge in [-0.1, -0.05) is 45.0 Å². The van der Waals surface area contributed by atoms with Gasteiger partial charge in [-0.3, -0.25) is 9.59 Å². The van der Waals surface area contributed by atoms with Gasteiger partial charge in [0, 0.05) is 6.92 Å². The fourth-order valence-corrected chi connectivity index (χ4v) is 2.61. The maximum atomic E-state index is 12.4. The van der Waals surface area contributed by atoms with E-state index < -0.39 is 17.9 Å². The lowest BCUT2D eigenvalue weighted by molar-refractivity contribution is -0.137. The van der Waals surface area contributed by atoms with E-state index in [1.165, 1.54) is 0 Å². The first-order valence-electron chi connectivity index (χ1n) is 8.15. The summed E-state index contributed by atoms with van der Waals surface area (Å²) in [6, 6.07) is 6.98. The Bertz CT molecular complexity index is 770. The first kappa shape index (κ1) is 18.7. The molecule has 0 spiro atoms. The third-order valence-corrected chi connectivity index (χ3v) is 3.97. The zero-order valence-electron chi connectivity index (χ0n) is 15.2. The Morgan fingerprint density at radius 2 is 1.80 bits per heavy atom. The van der Waals surface area contributed by atoms with Crippen molar-refractivity contribution in [3.8, 4) is 0 Å². The molecule has 0 radical (unpaired) electrons. The lowest BCUT2D eigenvalue weighted by atomic mass is 9.86. The van der Waals surface area contributed by atoms with Gasteiger partial charge in [0.15, 0.2) is 5.89 Å². The van der Waals surface area contributed by atoms with E-state index in [2.05, 4.69) is 31.1 Å². The zero-order chi connectivity index (χ0) is 18.8. The van der Waals surface area contributed by atoms with Gasteiger partial charge in [-0.05, 0) is 23.5 Å². The number of amides is 1. The molecular weight excluding hydrogens is 320 g/mol. The molecule has 134 valence electrons. The van der Waals surface area contributed by atoms with Crippen LogP contribution in [0, 0.1) is 13.8 Å². The molecule has 1 heterocycles. The molecule has 2 aromatic rings. The van der Waals surface area contributed by atoms with Crippen LogP contribution in [0.5, 0.6) is 0 Å². The summed E-state index contributed by atoms with van der Waals surface area (Å²) in [6.45, 7) is 9.65. The minimum absolute atomic E-state index is 0.00144. The lowest BCUT2D eigenvalue weighted by Gasteiger charge is -2.21. The van der Waals surface area contributed by atoms with Crippen molar-refractivity contribution in [2.45, 2.75) is 52.5 Å². The molecule has 1 aromatic carbocycles. The Labute approximate surface area is 147 Å². The predicted octanol–water partition coefficient (Wildman–Crippen LogP) is 3.53. The number of nitrogens with one attached hydrogen (secondary N) is 1. The quantitative estimate of drug-likeness (QED) is 0.865. The molecule has 25 heavy (non-hydrogen) atoms. The molecule has 0 aliphatic rings. The predicted molar refractivity (Wildman–Crippen MR) is 93.6 cm³/mol. The van der Waals surface area contributed by atoms with Crippen LogP contribution in [0.4, 0.5) is 0 Å². The van der Waals surface area contributed by atoms with Crippen molar-refractivity contribution >= 4 is 11.9 Å². The maximum absolute atomic E-state index is 12.4. The Balaban J connectivity index is 2.25. The lowest BCUT2D eigenvalue weighted by Crippen LogP contribution is -2.30. The SMILES string of the molecule is Cc1nc(C)c(C(=O)NC(CC(=O)O)c2ccc(C(C)(C)C)cc2)o1. The van der Waals surface area contributed by atoms with E-state index in [9.17, 15) is 14.7 Å². The van der Waals surface area contributed by atoms with Crippen LogP contribution >= 0.6 is 0 Å². The molecule has 1 unspecified atom stereocenters. The van der Waals surface area contributed by atoms with Crippen molar-refractivity contribution in [1.82, 2.24) is 10.3 Å². The molecular formula is C19H24N2O4. The van der Waals surface area contributed by atoms with Gasteiger partial charge in [0.05, 0.1) is 18.2 Å². The van der Waals surface area contributed by atoms with E-state index in [0.717, 1.165) is 11.1 Å². The molecule has 0 aliphatic heterocycles. The summed E-state index contributed by atoms with van der Waals surface area (Å²) in [4.78, 5) is 27.7. The summed E-state index contributed by atoms with van der Waals surface area (Å²) >= 11 is 0. The first-order chi connectivity index (χ1) is 11.6. The third-order valence-electron chi connectivity index (χ3n) is 3.97. The average molecular weight is 344 g/mol.